The normalized spacial score (nSPS) is 18.2. The first-order chi connectivity index (χ1) is 11.4. The van der Waals surface area contributed by atoms with Gasteiger partial charge in [-0.15, -0.1) is 6.58 Å². The van der Waals surface area contributed by atoms with E-state index in [9.17, 15) is 0 Å². The Labute approximate surface area is 145 Å². The first-order valence-electron chi connectivity index (χ1n) is 10.3. The van der Waals surface area contributed by atoms with Crippen LogP contribution in [0, 0.1) is 0 Å². The summed E-state index contributed by atoms with van der Waals surface area (Å²) in [4.78, 5) is 0. The minimum atomic E-state index is 0.0977. The van der Waals surface area contributed by atoms with E-state index < -0.39 is 0 Å². The summed E-state index contributed by atoms with van der Waals surface area (Å²) < 4.78 is 11.3. The van der Waals surface area contributed by atoms with Crippen LogP contribution in [0.15, 0.2) is 12.7 Å². The molecule has 1 aliphatic rings. The maximum Gasteiger partial charge on any atom is 0.157 e. The number of ether oxygens (including phenoxy) is 2. The van der Waals surface area contributed by atoms with Crippen molar-refractivity contribution in [3.8, 4) is 0 Å². The molecule has 1 unspecified atom stereocenters. The number of rotatable bonds is 16. The van der Waals surface area contributed by atoms with Crippen LogP contribution < -0.4 is 0 Å². The van der Waals surface area contributed by atoms with E-state index >= 15 is 0 Å². The number of allylic oxidation sites excluding steroid dienone is 1. The van der Waals surface area contributed by atoms with Crippen molar-refractivity contribution < 1.29 is 9.47 Å². The summed E-state index contributed by atoms with van der Waals surface area (Å²) in [5.41, 5.74) is 0. The van der Waals surface area contributed by atoms with E-state index in [1.807, 2.05) is 6.08 Å². The first-order valence-corrected chi connectivity index (χ1v) is 10.3. The SMILES string of the molecule is C=CCCCCCCCCCCCCCCOC1CCCCO1. The Morgan fingerprint density at radius 2 is 1.35 bits per heavy atom. The molecule has 1 heterocycles. The lowest BCUT2D eigenvalue weighted by molar-refractivity contribution is -0.162. The number of hydrogen-bond acceptors (Lipinski definition) is 2. The van der Waals surface area contributed by atoms with E-state index in [0.29, 0.717) is 0 Å². The number of hydrogen-bond donors (Lipinski definition) is 0. The van der Waals surface area contributed by atoms with Gasteiger partial charge in [0.25, 0.3) is 0 Å². The molecular formula is C21H40O2. The largest absolute Gasteiger partial charge is 0.353 e. The van der Waals surface area contributed by atoms with E-state index in [1.165, 1.54) is 96.3 Å². The predicted molar refractivity (Wildman–Crippen MR) is 99.8 cm³/mol. The minimum Gasteiger partial charge on any atom is -0.353 e. The summed E-state index contributed by atoms with van der Waals surface area (Å²) in [6.07, 6.45) is 23.5. The molecule has 0 radical (unpaired) electrons. The Kier molecular flexibility index (Phi) is 14.9. The lowest BCUT2D eigenvalue weighted by Gasteiger charge is -2.22. The third kappa shape index (κ3) is 13.8. The molecular weight excluding hydrogens is 284 g/mol. The maximum atomic E-state index is 5.76. The van der Waals surface area contributed by atoms with Gasteiger partial charge in [-0.3, -0.25) is 0 Å². The van der Waals surface area contributed by atoms with Crippen LogP contribution in [-0.4, -0.2) is 19.5 Å². The van der Waals surface area contributed by atoms with Crippen molar-refractivity contribution in [2.75, 3.05) is 13.2 Å². The second kappa shape index (κ2) is 16.5. The zero-order valence-corrected chi connectivity index (χ0v) is 15.4. The zero-order chi connectivity index (χ0) is 16.4. The third-order valence-corrected chi connectivity index (χ3v) is 4.74. The monoisotopic (exact) mass is 324 g/mol. The van der Waals surface area contributed by atoms with Crippen molar-refractivity contribution in [1.29, 1.82) is 0 Å². The zero-order valence-electron chi connectivity index (χ0n) is 15.4. The van der Waals surface area contributed by atoms with Gasteiger partial charge in [0.2, 0.25) is 0 Å². The van der Waals surface area contributed by atoms with Gasteiger partial charge in [-0.2, -0.15) is 0 Å². The molecule has 0 aliphatic carbocycles. The summed E-state index contributed by atoms with van der Waals surface area (Å²) in [7, 11) is 0. The van der Waals surface area contributed by atoms with Crippen LogP contribution in [0.1, 0.15) is 103 Å². The quantitative estimate of drug-likeness (QED) is 0.230. The van der Waals surface area contributed by atoms with E-state index in [4.69, 9.17) is 9.47 Å². The van der Waals surface area contributed by atoms with Crippen LogP contribution in [-0.2, 0) is 9.47 Å². The molecule has 2 nitrogen and oxygen atoms in total. The summed E-state index contributed by atoms with van der Waals surface area (Å²) in [5.74, 6) is 0. The van der Waals surface area contributed by atoms with Crippen molar-refractivity contribution in [2.24, 2.45) is 0 Å². The van der Waals surface area contributed by atoms with Gasteiger partial charge in [-0.05, 0) is 38.5 Å². The van der Waals surface area contributed by atoms with Crippen molar-refractivity contribution in [3.63, 3.8) is 0 Å². The fourth-order valence-electron chi connectivity index (χ4n) is 3.22. The number of unbranched alkanes of at least 4 members (excludes halogenated alkanes) is 12. The summed E-state index contributed by atoms with van der Waals surface area (Å²) in [6, 6.07) is 0. The van der Waals surface area contributed by atoms with Gasteiger partial charge >= 0.3 is 0 Å². The van der Waals surface area contributed by atoms with Gasteiger partial charge in [0.05, 0.1) is 0 Å². The van der Waals surface area contributed by atoms with E-state index in [0.717, 1.165) is 19.6 Å². The summed E-state index contributed by atoms with van der Waals surface area (Å²) in [5, 5.41) is 0. The van der Waals surface area contributed by atoms with Crippen molar-refractivity contribution in [2.45, 2.75) is 109 Å². The lowest BCUT2D eigenvalue weighted by atomic mass is 10.0. The molecule has 23 heavy (non-hydrogen) atoms. The Balaban J connectivity index is 1.67. The van der Waals surface area contributed by atoms with Gasteiger partial charge in [-0.1, -0.05) is 70.3 Å². The Hall–Kier alpha value is -0.340. The van der Waals surface area contributed by atoms with Gasteiger partial charge < -0.3 is 9.47 Å². The van der Waals surface area contributed by atoms with Gasteiger partial charge in [0.15, 0.2) is 6.29 Å². The standard InChI is InChI=1S/C21H40O2/c1-2-3-4-5-6-7-8-9-10-11-12-13-14-16-19-22-21-18-15-17-20-23-21/h2,21H,1,3-20H2. The highest BCUT2D eigenvalue weighted by Crippen LogP contribution is 2.15. The molecule has 1 aliphatic heterocycles. The van der Waals surface area contributed by atoms with Crippen LogP contribution >= 0.6 is 0 Å². The highest BCUT2D eigenvalue weighted by molar-refractivity contribution is 4.65. The highest BCUT2D eigenvalue weighted by Gasteiger charge is 2.13. The Bertz CT molecular complexity index is 246. The first kappa shape index (κ1) is 20.7. The molecule has 0 aromatic heterocycles. The summed E-state index contributed by atoms with van der Waals surface area (Å²) >= 11 is 0. The van der Waals surface area contributed by atoms with Crippen molar-refractivity contribution in [3.05, 3.63) is 12.7 Å². The van der Waals surface area contributed by atoms with E-state index in [1.54, 1.807) is 0 Å². The van der Waals surface area contributed by atoms with Crippen molar-refractivity contribution >= 4 is 0 Å². The van der Waals surface area contributed by atoms with Crippen molar-refractivity contribution in [1.82, 2.24) is 0 Å². The van der Waals surface area contributed by atoms with Crippen LogP contribution in [0.25, 0.3) is 0 Å². The van der Waals surface area contributed by atoms with Gasteiger partial charge in [0.1, 0.15) is 0 Å². The Morgan fingerprint density at radius 1 is 0.783 bits per heavy atom. The lowest BCUT2D eigenvalue weighted by Crippen LogP contribution is -2.22. The molecule has 1 saturated heterocycles. The average molecular weight is 325 g/mol. The molecule has 0 spiro atoms. The van der Waals surface area contributed by atoms with Crippen LogP contribution in [0.4, 0.5) is 0 Å². The molecule has 136 valence electrons. The molecule has 1 rings (SSSR count). The predicted octanol–water partition coefficient (Wildman–Crippen LogP) is 6.79. The van der Waals surface area contributed by atoms with Crippen LogP contribution in [0.2, 0.25) is 0 Å². The van der Waals surface area contributed by atoms with Crippen LogP contribution in [0.3, 0.4) is 0 Å². The minimum absolute atomic E-state index is 0.0977. The molecule has 0 N–H and O–H groups in total. The topological polar surface area (TPSA) is 18.5 Å². The molecule has 0 saturated carbocycles. The molecule has 0 amide bonds. The molecule has 1 atom stereocenters. The fourth-order valence-corrected chi connectivity index (χ4v) is 3.22. The smallest absolute Gasteiger partial charge is 0.157 e. The van der Waals surface area contributed by atoms with E-state index in [-0.39, 0.29) is 6.29 Å². The average Bonchev–Trinajstić information content (AvgIpc) is 2.59. The highest BCUT2D eigenvalue weighted by atomic mass is 16.7. The second-order valence-electron chi connectivity index (χ2n) is 6.99. The van der Waals surface area contributed by atoms with Crippen LogP contribution in [0.5, 0.6) is 0 Å². The molecule has 2 heteroatoms. The molecule has 0 aromatic carbocycles. The van der Waals surface area contributed by atoms with Gasteiger partial charge in [0, 0.05) is 13.2 Å². The Morgan fingerprint density at radius 3 is 1.87 bits per heavy atom. The summed E-state index contributed by atoms with van der Waals surface area (Å²) in [6.45, 7) is 5.54. The molecule has 0 aromatic rings. The van der Waals surface area contributed by atoms with Gasteiger partial charge in [-0.25, -0.2) is 0 Å². The third-order valence-electron chi connectivity index (χ3n) is 4.74. The maximum absolute atomic E-state index is 5.76. The van der Waals surface area contributed by atoms with E-state index in [2.05, 4.69) is 6.58 Å². The molecule has 0 bridgehead atoms. The fraction of sp³-hybridized carbons (Fsp3) is 0.905. The second-order valence-corrected chi connectivity index (χ2v) is 6.99. The molecule has 1 fully saturated rings.